The average molecular weight is 313 g/mol. The Hall–Kier alpha value is -1.52. The molecule has 106 valence electrons. The second-order valence-corrected chi connectivity index (χ2v) is 5.70. The van der Waals surface area contributed by atoms with Crippen LogP contribution in [-0.4, -0.2) is 20.9 Å². The standard InChI is InChI=1S/C14H14Cl2N2O2/c1-8(2)7-11-12(14(19)20)13(16)18(17-11)10-5-3-9(15)4-6-10/h3-6,8H,7H2,1-2H3,(H,19,20). The first kappa shape index (κ1) is 14.9. The Labute approximate surface area is 126 Å². The lowest BCUT2D eigenvalue weighted by Crippen LogP contribution is -2.03. The van der Waals surface area contributed by atoms with Crippen LogP contribution in [0.25, 0.3) is 5.69 Å². The predicted molar refractivity (Wildman–Crippen MR) is 79.1 cm³/mol. The van der Waals surface area contributed by atoms with Gasteiger partial charge in [0, 0.05) is 5.02 Å². The van der Waals surface area contributed by atoms with Crippen molar-refractivity contribution in [1.82, 2.24) is 9.78 Å². The van der Waals surface area contributed by atoms with Gasteiger partial charge in [0.15, 0.2) is 0 Å². The fourth-order valence-corrected chi connectivity index (χ4v) is 2.39. The van der Waals surface area contributed by atoms with Gasteiger partial charge in [-0.2, -0.15) is 5.10 Å². The quantitative estimate of drug-likeness (QED) is 0.925. The van der Waals surface area contributed by atoms with E-state index in [0.717, 1.165) is 0 Å². The minimum absolute atomic E-state index is 0.0651. The fourth-order valence-electron chi connectivity index (χ4n) is 1.93. The van der Waals surface area contributed by atoms with Crippen LogP contribution in [0, 0.1) is 5.92 Å². The summed E-state index contributed by atoms with van der Waals surface area (Å²) in [6, 6.07) is 6.90. The molecule has 1 aromatic carbocycles. The van der Waals surface area contributed by atoms with E-state index in [1.54, 1.807) is 24.3 Å². The maximum absolute atomic E-state index is 11.4. The maximum atomic E-state index is 11.4. The van der Waals surface area contributed by atoms with E-state index in [1.165, 1.54) is 4.68 Å². The number of aromatic nitrogens is 2. The summed E-state index contributed by atoms with van der Waals surface area (Å²) in [5.74, 6) is -0.774. The van der Waals surface area contributed by atoms with Crippen LogP contribution in [0.1, 0.15) is 29.9 Å². The van der Waals surface area contributed by atoms with Crippen LogP contribution in [0.15, 0.2) is 24.3 Å². The number of aromatic carboxylic acids is 1. The lowest BCUT2D eigenvalue weighted by molar-refractivity contribution is 0.0696. The Morgan fingerprint density at radius 3 is 2.40 bits per heavy atom. The van der Waals surface area contributed by atoms with E-state index in [-0.39, 0.29) is 16.6 Å². The van der Waals surface area contributed by atoms with Gasteiger partial charge in [-0.3, -0.25) is 0 Å². The maximum Gasteiger partial charge on any atom is 0.340 e. The van der Waals surface area contributed by atoms with E-state index >= 15 is 0 Å². The highest BCUT2D eigenvalue weighted by atomic mass is 35.5. The molecular formula is C14H14Cl2N2O2. The lowest BCUT2D eigenvalue weighted by Gasteiger charge is -2.03. The third kappa shape index (κ3) is 2.97. The minimum atomic E-state index is -1.06. The van der Waals surface area contributed by atoms with E-state index in [1.807, 2.05) is 13.8 Å². The number of benzene rings is 1. The van der Waals surface area contributed by atoms with Gasteiger partial charge in [-0.05, 0) is 36.6 Å². The Morgan fingerprint density at radius 2 is 1.90 bits per heavy atom. The number of hydrogen-bond donors (Lipinski definition) is 1. The molecule has 6 heteroatoms. The highest BCUT2D eigenvalue weighted by molar-refractivity contribution is 6.33. The van der Waals surface area contributed by atoms with Crippen molar-refractivity contribution in [2.24, 2.45) is 5.92 Å². The molecule has 0 fully saturated rings. The molecule has 0 radical (unpaired) electrons. The van der Waals surface area contributed by atoms with E-state index in [2.05, 4.69) is 5.10 Å². The SMILES string of the molecule is CC(C)Cc1nn(-c2ccc(Cl)cc2)c(Cl)c1C(=O)O. The molecule has 0 aliphatic carbocycles. The minimum Gasteiger partial charge on any atom is -0.478 e. The number of nitrogens with zero attached hydrogens (tertiary/aromatic N) is 2. The zero-order valence-electron chi connectivity index (χ0n) is 11.1. The third-order valence-electron chi connectivity index (χ3n) is 2.79. The summed E-state index contributed by atoms with van der Waals surface area (Å²) < 4.78 is 1.43. The third-order valence-corrected chi connectivity index (χ3v) is 3.39. The number of hydrogen-bond acceptors (Lipinski definition) is 2. The highest BCUT2D eigenvalue weighted by Gasteiger charge is 2.23. The molecule has 1 N–H and O–H groups in total. The first-order valence-electron chi connectivity index (χ1n) is 6.16. The summed E-state index contributed by atoms with van der Waals surface area (Å²) in [5.41, 5.74) is 1.24. The molecule has 0 amide bonds. The zero-order chi connectivity index (χ0) is 14.9. The average Bonchev–Trinajstić information content (AvgIpc) is 2.66. The topological polar surface area (TPSA) is 55.1 Å². The van der Waals surface area contributed by atoms with Crippen molar-refractivity contribution < 1.29 is 9.90 Å². The van der Waals surface area contributed by atoms with Crippen LogP contribution < -0.4 is 0 Å². The van der Waals surface area contributed by atoms with Gasteiger partial charge in [0.25, 0.3) is 0 Å². The van der Waals surface area contributed by atoms with Gasteiger partial charge in [-0.1, -0.05) is 37.0 Å². The van der Waals surface area contributed by atoms with Crippen molar-refractivity contribution in [3.63, 3.8) is 0 Å². The molecular weight excluding hydrogens is 299 g/mol. The van der Waals surface area contributed by atoms with Crippen molar-refractivity contribution in [2.75, 3.05) is 0 Å². The second-order valence-electron chi connectivity index (χ2n) is 4.90. The van der Waals surface area contributed by atoms with Gasteiger partial charge in [-0.25, -0.2) is 9.48 Å². The molecule has 0 spiro atoms. The van der Waals surface area contributed by atoms with Crippen molar-refractivity contribution in [3.05, 3.63) is 45.7 Å². The van der Waals surface area contributed by atoms with Gasteiger partial charge in [-0.15, -0.1) is 0 Å². The number of rotatable bonds is 4. The first-order chi connectivity index (χ1) is 9.40. The molecule has 1 aromatic heterocycles. The second kappa shape index (κ2) is 5.85. The molecule has 2 rings (SSSR count). The van der Waals surface area contributed by atoms with Crippen LogP contribution in [0.4, 0.5) is 0 Å². The van der Waals surface area contributed by atoms with Crippen molar-refractivity contribution in [2.45, 2.75) is 20.3 Å². The molecule has 20 heavy (non-hydrogen) atoms. The summed E-state index contributed by atoms with van der Waals surface area (Å²) in [6.07, 6.45) is 0.557. The summed E-state index contributed by atoms with van der Waals surface area (Å²) >= 11 is 12.0. The van der Waals surface area contributed by atoms with Gasteiger partial charge >= 0.3 is 5.97 Å². The number of carboxylic acid groups (broad SMARTS) is 1. The van der Waals surface area contributed by atoms with Crippen molar-refractivity contribution in [1.29, 1.82) is 0 Å². The van der Waals surface area contributed by atoms with Gasteiger partial charge in [0.05, 0.1) is 11.4 Å². The summed E-state index contributed by atoms with van der Waals surface area (Å²) in [7, 11) is 0. The summed E-state index contributed by atoms with van der Waals surface area (Å²) in [6.45, 7) is 4.00. The predicted octanol–water partition coefficient (Wildman–Crippen LogP) is 4.08. The molecule has 0 saturated heterocycles. The Morgan fingerprint density at radius 1 is 1.30 bits per heavy atom. The van der Waals surface area contributed by atoms with Crippen LogP contribution in [0.5, 0.6) is 0 Å². The molecule has 0 atom stereocenters. The molecule has 0 unspecified atom stereocenters. The van der Waals surface area contributed by atoms with Crippen LogP contribution in [0.2, 0.25) is 10.2 Å². The number of halogens is 2. The van der Waals surface area contributed by atoms with E-state index in [0.29, 0.717) is 22.8 Å². The van der Waals surface area contributed by atoms with Crippen LogP contribution >= 0.6 is 23.2 Å². The normalized spacial score (nSPS) is 11.1. The lowest BCUT2D eigenvalue weighted by atomic mass is 10.1. The van der Waals surface area contributed by atoms with Crippen molar-refractivity contribution >= 4 is 29.2 Å². The van der Waals surface area contributed by atoms with E-state index < -0.39 is 5.97 Å². The number of carbonyl (C=O) groups is 1. The largest absolute Gasteiger partial charge is 0.478 e. The van der Waals surface area contributed by atoms with E-state index in [4.69, 9.17) is 23.2 Å². The van der Waals surface area contributed by atoms with Gasteiger partial charge in [0.1, 0.15) is 10.7 Å². The monoisotopic (exact) mass is 312 g/mol. The molecule has 0 bridgehead atoms. The summed E-state index contributed by atoms with van der Waals surface area (Å²) in [5, 5.41) is 14.3. The van der Waals surface area contributed by atoms with Crippen molar-refractivity contribution in [3.8, 4) is 5.69 Å². The van der Waals surface area contributed by atoms with E-state index in [9.17, 15) is 9.90 Å². The summed E-state index contributed by atoms with van der Waals surface area (Å²) in [4.78, 5) is 11.4. The van der Waals surface area contributed by atoms with Gasteiger partial charge in [0.2, 0.25) is 0 Å². The van der Waals surface area contributed by atoms with Gasteiger partial charge < -0.3 is 5.11 Å². The number of carboxylic acids is 1. The Balaban J connectivity index is 2.54. The molecule has 4 nitrogen and oxygen atoms in total. The zero-order valence-corrected chi connectivity index (χ0v) is 12.6. The Bertz CT molecular complexity index is 633. The molecule has 0 aliphatic rings. The molecule has 1 heterocycles. The fraction of sp³-hybridized carbons (Fsp3) is 0.286. The van der Waals surface area contributed by atoms with Crippen LogP contribution in [-0.2, 0) is 6.42 Å². The molecule has 2 aromatic rings. The smallest absolute Gasteiger partial charge is 0.340 e. The molecule has 0 saturated carbocycles. The van der Waals surface area contributed by atoms with Crippen LogP contribution in [0.3, 0.4) is 0 Å². The molecule has 0 aliphatic heterocycles. The first-order valence-corrected chi connectivity index (χ1v) is 6.92. The highest BCUT2D eigenvalue weighted by Crippen LogP contribution is 2.26. The Kier molecular flexibility index (Phi) is 4.35.